The van der Waals surface area contributed by atoms with Crippen LogP contribution in [0.15, 0.2) is 0 Å². The molecule has 0 aromatic carbocycles. The number of aliphatic carboxylic acids is 1. The van der Waals surface area contributed by atoms with Crippen LogP contribution in [-0.2, 0) is 4.79 Å². The molecule has 2 nitrogen and oxygen atoms in total. The van der Waals surface area contributed by atoms with Gasteiger partial charge in [0, 0.05) is 0 Å². The summed E-state index contributed by atoms with van der Waals surface area (Å²) in [6.07, 6.45) is -6.32. The number of rotatable bonds is 3. The molecule has 0 amide bonds. The lowest BCUT2D eigenvalue weighted by atomic mass is 10.2. The van der Waals surface area contributed by atoms with Crippen molar-refractivity contribution >= 4 is 17.6 Å². The Balaban J connectivity index is 3.69. The van der Waals surface area contributed by atoms with Gasteiger partial charge in [-0.15, -0.1) is 11.6 Å². The Hall–Kier alpha value is -0.450. The van der Waals surface area contributed by atoms with E-state index in [1.807, 2.05) is 0 Å². The van der Waals surface area contributed by atoms with Gasteiger partial charge in [-0.2, -0.15) is 13.2 Å². The van der Waals surface area contributed by atoms with Gasteiger partial charge in [-0.05, 0) is 0 Å². The lowest BCUT2D eigenvalue weighted by Crippen LogP contribution is -2.17. The smallest absolute Gasteiger partial charge is 0.390 e. The molecule has 0 radical (unpaired) electrons. The number of carboxylic acids is 1. The van der Waals surface area contributed by atoms with E-state index < -0.39 is 30.4 Å². The van der Waals surface area contributed by atoms with Gasteiger partial charge < -0.3 is 5.11 Å². The summed E-state index contributed by atoms with van der Waals surface area (Å²) in [5.41, 5.74) is 0. The monoisotopic (exact) mass is 190 g/mol. The number of alkyl halides is 4. The Kier molecular flexibility index (Phi) is 3.65. The lowest BCUT2D eigenvalue weighted by molar-refractivity contribution is -0.142. The van der Waals surface area contributed by atoms with E-state index in [0.29, 0.717) is 0 Å². The normalized spacial score (nSPS) is 14.5. The second-order valence-electron chi connectivity index (χ2n) is 2.01. The highest BCUT2D eigenvalue weighted by atomic mass is 35.5. The Morgan fingerprint density at radius 1 is 1.55 bits per heavy atom. The zero-order valence-electron chi connectivity index (χ0n) is 5.36. The maximum atomic E-state index is 11.5. The Labute approximate surface area is 66.0 Å². The molecule has 11 heavy (non-hydrogen) atoms. The Bertz CT molecular complexity index is 145. The molecule has 6 heteroatoms. The fourth-order valence-corrected chi connectivity index (χ4v) is 0.820. The van der Waals surface area contributed by atoms with Gasteiger partial charge in [0.1, 0.15) is 0 Å². The largest absolute Gasteiger partial charge is 0.481 e. The third-order valence-electron chi connectivity index (χ3n) is 0.849. The number of hydrogen-bond donors (Lipinski definition) is 1. The molecule has 0 fully saturated rings. The van der Waals surface area contributed by atoms with Crippen LogP contribution in [0.25, 0.3) is 0 Å². The molecule has 0 aromatic rings. The number of carbonyl (C=O) groups is 1. The molecule has 0 aliphatic heterocycles. The minimum absolute atomic E-state index is 0.666. The van der Waals surface area contributed by atoms with Gasteiger partial charge >= 0.3 is 12.1 Å². The minimum Gasteiger partial charge on any atom is -0.481 e. The average Bonchev–Trinajstić information content (AvgIpc) is 1.53. The van der Waals surface area contributed by atoms with E-state index in [0.717, 1.165) is 0 Å². The van der Waals surface area contributed by atoms with Crippen LogP contribution in [0.1, 0.15) is 12.8 Å². The third-order valence-corrected chi connectivity index (χ3v) is 1.16. The predicted octanol–water partition coefficient (Wildman–Crippen LogP) is 2.02. The van der Waals surface area contributed by atoms with Crippen LogP contribution in [0, 0.1) is 0 Å². The zero-order valence-corrected chi connectivity index (χ0v) is 6.11. The van der Waals surface area contributed by atoms with Crippen LogP contribution in [0.2, 0.25) is 0 Å². The molecular weight excluding hydrogens is 184 g/mol. The van der Waals surface area contributed by atoms with Gasteiger partial charge in [-0.3, -0.25) is 4.79 Å². The first-order valence-corrected chi connectivity index (χ1v) is 3.17. The van der Waals surface area contributed by atoms with Crippen molar-refractivity contribution in [2.45, 2.75) is 24.4 Å². The minimum atomic E-state index is -4.39. The Morgan fingerprint density at radius 3 is 2.27 bits per heavy atom. The molecule has 0 spiro atoms. The summed E-state index contributed by atoms with van der Waals surface area (Å²) in [6.45, 7) is 0. The van der Waals surface area contributed by atoms with Crippen LogP contribution >= 0.6 is 11.6 Å². The fourth-order valence-electron chi connectivity index (χ4n) is 0.513. The molecule has 66 valence electrons. The van der Waals surface area contributed by atoms with E-state index in [2.05, 4.69) is 0 Å². The van der Waals surface area contributed by atoms with Crippen molar-refractivity contribution in [2.24, 2.45) is 0 Å². The van der Waals surface area contributed by atoms with Crippen LogP contribution in [-0.4, -0.2) is 22.6 Å². The summed E-state index contributed by atoms with van der Waals surface area (Å²) in [5, 5.41) is 6.66. The molecule has 0 bridgehead atoms. The standard InChI is InChI=1S/C5H6ClF3O2/c6-3(1-4(10)11)2-5(7,8)9/h3H,1-2H2,(H,10,11). The number of carboxylic acid groups (broad SMARTS) is 1. The molecule has 0 rings (SSSR count). The first-order valence-electron chi connectivity index (χ1n) is 2.74. The SMILES string of the molecule is O=C(O)CC(Cl)CC(F)(F)F. The van der Waals surface area contributed by atoms with E-state index in [9.17, 15) is 18.0 Å². The Morgan fingerprint density at radius 2 is 2.00 bits per heavy atom. The first kappa shape index (κ1) is 10.6. The van der Waals surface area contributed by atoms with Crippen molar-refractivity contribution in [3.05, 3.63) is 0 Å². The molecule has 0 aliphatic carbocycles. The fraction of sp³-hybridized carbons (Fsp3) is 0.800. The average molecular weight is 191 g/mol. The van der Waals surface area contributed by atoms with Gasteiger partial charge in [0.2, 0.25) is 0 Å². The highest BCUT2D eigenvalue weighted by Gasteiger charge is 2.31. The van der Waals surface area contributed by atoms with Crippen molar-refractivity contribution in [1.82, 2.24) is 0 Å². The summed E-state index contributed by atoms with van der Waals surface area (Å²) in [7, 11) is 0. The lowest BCUT2D eigenvalue weighted by Gasteiger charge is -2.08. The zero-order chi connectivity index (χ0) is 9.07. The second-order valence-corrected chi connectivity index (χ2v) is 2.63. The van der Waals surface area contributed by atoms with E-state index in [4.69, 9.17) is 16.7 Å². The van der Waals surface area contributed by atoms with Crippen molar-refractivity contribution < 1.29 is 23.1 Å². The maximum absolute atomic E-state index is 11.5. The third kappa shape index (κ3) is 7.45. The molecule has 0 saturated carbocycles. The van der Waals surface area contributed by atoms with Crippen molar-refractivity contribution in [2.75, 3.05) is 0 Å². The van der Waals surface area contributed by atoms with Gasteiger partial charge in [0.15, 0.2) is 0 Å². The highest BCUT2D eigenvalue weighted by molar-refractivity contribution is 6.21. The molecule has 1 N–H and O–H groups in total. The van der Waals surface area contributed by atoms with Gasteiger partial charge in [-0.1, -0.05) is 0 Å². The molecule has 1 atom stereocenters. The van der Waals surface area contributed by atoms with E-state index in [1.165, 1.54) is 0 Å². The number of halogens is 4. The quantitative estimate of drug-likeness (QED) is 0.692. The summed E-state index contributed by atoms with van der Waals surface area (Å²) >= 11 is 5.06. The summed E-state index contributed by atoms with van der Waals surface area (Å²) in [6, 6.07) is 0. The number of hydrogen-bond acceptors (Lipinski definition) is 1. The van der Waals surface area contributed by atoms with E-state index in [-0.39, 0.29) is 0 Å². The maximum Gasteiger partial charge on any atom is 0.390 e. The molecule has 0 heterocycles. The van der Waals surface area contributed by atoms with E-state index >= 15 is 0 Å². The van der Waals surface area contributed by atoms with Crippen LogP contribution < -0.4 is 0 Å². The van der Waals surface area contributed by atoms with Crippen LogP contribution in [0.5, 0.6) is 0 Å². The second kappa shape index (κ2) is 3.80. The molecular formula is C5H6ClF3O2. The summed E-state index contributed by atoms with van der Waals surface area (Å²) < 4.78 is 34.4. The van der Waals surface area contributed by atoms with E-state index in [1.54, 1.807) is 0 Å². The first-order chi connectivity index (χ1) is 4.81. The topological polar surface area (TPSA) is 37.3 Å². The molecule has 1 unspecified atom stereocenters. The van der Waals surface area contributed by atoms with Gasteiger partial charge in [0.25, 0.3) is 0 Å². The van der Waals surface area contributed by atoms with Crippen molar-refractivity contribution in [1.29, 1.82) is 0 Å². The van der Waals surface area contributed by atoms with Crippen LogP contribution in [0.4, 0.5) is 13.2 Å². The van der Waals surface area contributed by atoms with Crippen LogP contribution in [0.3, 0.4) is 0 Å². The summed E-state index contributed by atoms with van der Waals surface area (Å²) in [5.74, 6) is -1.32. The molecule has 0 aromatic heterocycles. The van der Waals surface area contributed by atoms with Crippen molar-refractivity contribution in [3.8, 4) is 0 Å². The van der Waals surface area contributed by atoms with Gasteiger partial charge in [-0.25, -0.2) is 0 Å². The molecule has 0 aliphatic rings. The van der Waals surface area contributed by atoms with Crippen molar-refractivity contribution in [3.63, 3.8) is 0 Å². The highest BCUT2D eigenvalue weighted by Crippen LogP contribution is 2.25. The van der Waals surface area contributed by atoms with Gasteiger partial charge in [0.05, 0.1) is 18.2 Å². The summed E-state index contributed by atoms with van der Waals surface area (Å²) in [4.78, 5) is 9.84. The molecule has 0 saturated heterocycles. The predicted molar refractivity (Wildman–Crippen MR) is 32.6 cm³/mol.